The van der Waals surface area contributed by atoms with Crippen LogP contribution in [0.4, 0.5) is 0 Å². The zero-order valence-corrected chi connectivity index (χ0v) is 9.76. The first-order valence-electron chi connectivity index (χ1n) is 1.19. The summed E-state index contributed by atoms with van der Waals surface area (Å²) >= 11 is 19.0. The Morgan fingerprint density at radius 1 is 1.14 bits per heavy atom. The zero-order chi connectivity index (χ0) is 6.28. The second kappa shape index (κ2) is 11.2. The second-order valence-electron chi connectivity index (χ2n) is 0.348. The van der Waals surface area contributed by atoms with Gasteiger partial charge < -0.3 is 0 Å². The summed E-state index contributed by atoms with van der Waals surface area (Å²) in [4.78, 5) is 0. The summed E-state index contributed by atoms with van der Waals surface area (Å²) in [5.74, 6) is 0. The number of halogens is 5. The van der Waals surface area contributed by atoms with Crippen molar-refractivity contribution in [1.82, 2.24) is 0 Å². The van der Waals surface area contributed by atoms with Crippen LogP contribution in [0.15, 0.2) is 0 Å². The molecule has 0 N–H and O–H groups in total. The molecule has 0 unspecified atom stereocenters. The van der Waals surface area contributed by atoms with Gasteiger partial charge in [-0.3, -0.25) is 0 Å². The van der Waals surface area contributed by atoms with Crippen molar-refractivity contribution in [2.24, 2.45) is 0 Å². The van der Waals surface area contributed by atoms with E-state index < -0.39 is 4.30 Å². The van der Waals surface area contributed by atoms with Crippen LogP contribution in [0.1, 0.15) is 0 Å². The summed E-state index contributed by atoms with van der Waals surface area (Å²) in [6.07, 6.45) is 0. The van der Waals surface area contributed by atoms with Gasteiger partial charge in [-0.2, -0.15) is 0 Å². The Kier molecular flexibility index (Phi) is 19.2. The maximum atomic E-state index is 4.81. The van der Waals surface area contributed by atoms with E-state index in [0.29, 0.717) is 0 Å². The van der Waals surface area contributed by atoms with E-state index in [1.54, 1.807) is 0 Å². The number of alkyl halides is 5. The summed E-state index contributed by atoms with van der Waals surface area (Å²) in [5.41, 5.74) is 0. The molecule has 0 amide bonds. The fraction of sp³-hybridized carbons (Fsp3) is 1.00. The van der Waals surface area contributed by atoms with E-state index in [-0.39, 0.29) is 0 Å². The quantitative estimate of drug-likeness (QED) is 0.438. The van der Waals surface area contributed by atoms with Crippen LogP contribution in [0.25, 0.3) is 0 Å². The lowest BCUT2D eigenvalue weighted by Gasteiger charge is -1.69. The van der Waals surface area contributed by atoms with Gasteiger partial charge in [0.15, 0.2) is 4.30 Å². The Hall–Kier alpha value is 2.33. The van der Waals surface area contributed by atoms with Gasteiger partial charge >= 0.3 is 0 Å². The molecule has 0 rings (SSSR count). The van der Waals surface area contributed by atoms with Crippen molar-refractivity contribution in [3.8, 4) is 0 Å². The molecule has 0 radical (unpaired) electrons. The highest BCUT2D eigenvalue weighted by atomic mass is 127. The van der Waals surface area contributed by atoms with Crippen molar-refractivity contribution < 1.29 is 0 Å². The van der Waals surface area contributed by atoms with E-state index in [4.69, 9.17) is 34.8 Å². The second-order valence-corrected chi connectivity index (χ2v) is 6.77. The lowest BCUT2D eigenvalue weighted by Crippen LogP contribution is -1.55. The Balaban J connectivity index is 0. The molecule has 0 saturated carbocycles. The van der Waals surface area contributed by atoms with Crippen LogP contribution in [-0.4, -0.2) is 6.73 Å². The molecule has 46 valence electrons. The molecule has 7 heavy (non-hydrogen) atoms. The lowest BCUT2D eigenvalue weighted by atomic mass is 11.9. The first kappa shape index (κ1) is 12.0. The fourth-order valence-corrected chi connectivity index (χ4v) is 0. The largest absolute Gasteiger partial charge is 0.180 e. The number of rotatable bonds is 0. The third-order valence-corrected chi connectivity index (χ3v) is 0. The summed E-state index contributed by atoms with van der Waals surface area (Å²) in [6, 6.07) is 0. The molecule has 0 aromatic carbocycles. The maximum Gasteiger partial charge on any atom is 0.180 e. The van der Waals surface area contributed by atoms with E-state index in [2.05, 4.69) is 45.2 Å². The molecule has 0 saturated heterocycles. The summed E-state index contributed by atoms with van der Waals surface area (Å²) in [7, 11) is 0. The molecule has 0 atom stereocenters. The lowest BCUT2D eigenvalue weighted by molar-refractivity contribution is 1.96. The van der Waals surface area contributed by atoms with Crippen molar-refractivity contribution in [1.29, 1.82) is 0 Å². The molecule has 0 aliphatic rings. The Morgan fingerprint density at radius 3 is 1.14 bits per heavy atom. The molecular weight excluding hydrogens is 384 g/mol. The Morgan fingerprint density at radius 2 is 1.14 bits per heavy atom. The molecule has 0 aliphatic carbocycles. The Bertz CT molecular complexity index is 22.1. The smallest absolute Gasteiger partial charge is 0.0874 e. The minimum absolute atomic E-state index is 0.750. The minimum Gasteiger partial charge on any atom is -0.0874 e. The van der Waals surface area contributed by atoms with Crippen LogP contribution in [0.3, 0.4) is 0 Å². The fourth-order valence-electron chi connectivity index (χ4n) is 0. The van der Waals surface area contributed by atoms with E-state index in [1.165, 1.54) is 2.43 Å². The van der Waals surface area contributed by atoms with Crippen LogP contribution < -0.4 is 0 Å². The van der Waals surface area contributed by atoms with Gasteiger partial charge in [0, 0.05) is 0 Å². The van der Waals surface area contributed by atoms with E-state index in [9.17, 15) is 0 Å². The number of hydrogen-bond donors (Lipinski definition) is 0. The molecule has 0 aliphatic heterocycles. The minimum atomic E-state index is -0.750. The summed E-state index contributed by atoms with van der Waals surface area (Å²) in [6.45, 7) is 0. The van der Waals surface area contributed by atoms with Crippen LogP contribution >= 0.6 is 80.0 Å². The van der Waals surface area contributed by atoms with Crippen LogP contribution in [-0.2, 0) is 0 Å². The van der Waals surface area contributed by atoms with Gasteiger partial charge in [0.25, 0.3) is 0 Å². The van der Waals surface area contributed by atoms with E-state index >= 15 is 0 Å². The van der Waals surface area contributed by atoms with Gasteiger partial charge in [-0.1, -0.05) is 80.0 Å². The van der Waals surface area contributed by atoms with Gasteiger partial charge in [0.2, 0.25) is 0 Å². The van der Waals surface area contributed by atoms with Crippen LogP contribution in [0.5, 0.6) is 0 Å². The summed E-state index contributed by atoms with van der Waals surface area (Å²) < 4.78 is 0.440. The topological polar surface area (TPSA) is 0 Å². The van der Waals surface area contributed by atoms with Gasteiger partial charge in [0.1, 0.15) is 0 Å². The molecule has 0 heterocycles. The van der Waals surface area contributed by atoms with E-state index in [1.807, 2.05) is 0 Å². The standard InChI is InChI=1S/CHCl3.CH2I2/c2-1(3)4;2-1-3/h1H;1H2. The molecule has 0 spiro atoms. The highest BCUT2D eigenvalue weighted by Crippen LogP contribution is 2.03. The average Bonchev–Trinajstić information content (AvgIpc) is 1.33. The van der Waals surface area contributed by atoms with Crippen LogP contribution in [0, 0.1) is 0 Å². The van der Waals surface area contributed by atoms with E-state index in [0.717, 1.165) is 0 Å². The predicted octanol–water partition coefficient (Wildman–Crippen LogP) is 3.80. The van der Waals surface area contributed by atoms with Gasteiger partial charge in [0.05, 0.1) is 2.43 Å². The highest BCUT2D eigenvalue weighted by molar-refractivity contribution is 14.2. The van der Waals surface area contributed by atoms with Crippen molar-refractivity contribution in [3.63, 3.8) is 0 Å². The highest BCUT2D eigenvalue weighted by Gasteiger charge is 1.78. The van der Waals surface area contributed by atoms with Crippen LogP contribution in [0.2, 0.25) is 0 Å². The zero-order valence-electron chi connectivity index (χ0n) is 3.17. The first-order chi connectivity index (χ1) is 3.15. The average molecular weight is 387 g/mol. The molecular formula is C2H3Cl3I2. The first-order valence-corrected chi connectivity index (χ1v) is 5.55. The van der Waals surface area contributed by atoms with Crippen molar-refractivity contribution in [2.75, 3.05) is 2.43 Å². The number of hydrogen-bond acceptors (Lipinski definition) is 0. The monoisotopic (exact) mass is 386 g/mol. The van der Waals surface area contributed by atoms with Gasteiger partial charge in [-0.15, -0.1) is 0 Å². The molecule has 5 heteroatoms. The molecule has 0 bridgehead atoms. The van der Waals surface area contributed by atoms with Gasteiger partial charge in [-0.05, 0) is 0 Å². The predicted molar refractivity (Wildman–Crippen MR) is 54.3 cm³/mol. The molecule has 0 fully saturated rings. The normalized spacial score (nSPS) is 7.71. The maximum absolute atomic E-state index is 4.81. The molecule has 0 aromatic rings. The third kappa shape index (κ3) is 61.5. The van der Waals surface area contributed by atoms with Crippen molar-refractivity contribution >= 4 is 80.0 Å². The molecule has 0 nitrogen and oxygen atoms in total. The summed E-state index contributed by atoms with van der Waals surface area (Å²) in [5, 5.41) is 0. The molecule has 0 aromatic heterocycles. The van der Waals surface area contributed by atoms with Crippen molar-refractivity contribution in [2.45, 2.75) is 4.30 Å². The Labute approximate surface area is 85.5 Å². The SMILES string of the molecule is ClC(Cl)Cl.ICI. The van der Waals surface area contributed by atoms with Crippen molar-refractivity contribution in [3.05, 3.63) is 0 Å². The van der Waals surface area contributed by atoms with Gasteiger partial charge in [-0.25, -0.2) is 0 Å². The third-order valence-electron chi connectivity index (χ3n) is 0.